The largest absolute Gasteiger partial charge is 0.403 e. The SMILES string of the molecule is C=C(C)CCCCCCCCCC(=C)N. The van der Waals surface area contributed by atoms with Crippen molar-refractivity contribution in [3.8, 4) is 0 Å². The summed E-state index contributed by atoms with van der Waals surface area (Å²) >= 11 is 0. The van der Waals surface area contributed by atoms with Crippen LogP contribution in [0.15, 0.2) is 24.4 Å². The Labute approximate surface area is 95.4 Å². The summed E-state index contributed by atoms with van der Waals surface area (Å²) in [5, 5.41) is 0. The minimum absolute atomic E-state index is 0.830. The van der Waals surface area contributed by atoms with Gasteiger partial charge in [0.2, 0.25) is 0 Å². The normalized spacial score (nSPS) is 10.2. The zero-order valence-corrected chi connectivity index (χ0v) is 10.4. The van der Waals surface area contributed by atoms with E-state index in [9.17, 15) is 0 Å². The van der Waals surface area contributed by atoms with Crippen molar-refractivity contribution in [2.75, 3.05) is 0 Å². The van der Waals surface area contributed by atoms with Crippen LogP contribution < -0.4 is 5.73 Å². The summed E-state index contributed by atoms with van der Waals surface area (Å²) in [6.45, 7) is 9.72. The fourth-order valence-electron chi connectivity index (χ4n) is 1.66. The molecule has 0 aliphatic rings. The van der Waals surface area contributed by atoms with Gasteiger partial charge in [0.1, 0.15) is 0 Å². The van der Waals surface area contributed by atoms with Gasteiger partial charge in [0.25, 0.3) is 0 Å². The molecule has 0 amide bonds. The van der Waals surface area contributed by atoms with Crippen LogP contribution in [0.5, 0.6) is 0 Å². The third-order valence-electron chi connectivity index (χ3n) is 2.60. The van der Waals surface area contributed by atoms with Crippen LogP contribution in [0.4, 0.5) is 0 Å². The van der Waals surface area contributed by atoms with Crippen LogP contribution in [0.3, 0.4) is 0 Å². The lowest BCUT2D eigenvalue weighted by Crippen LogP contribution is -1.93. The lowest BCUT2D eigenvalue weighted by Gasteiger charge is -2.02. The summed E-state index contributed by atoms with van der Waals surface area (Å²) in [7, 11) is 0. The average Bonchev–Trinajstić information content (AvgIpc) is 2.14. The fourth-order valence-corrected chi connectivity index (χ4v) is 1.66. The summed E-state index contributed by atoms with van der Waals surface area (Å²) in [6, 6.07) is 0. The van der Waals surface area contributed by atoms with Gasteiger partial charge in [-0.05, 0) is 32.6 Å². The van der Waals surface area contributed by atoms with Crippen LogP contribution in [0.1, 0.15) is 64.7 Å². The fraction of sp³-hybridized carbons (Fsp3) is 0.714. The van der Waals surface area contributed by atoms with Crippen molar-refractivity contribution >= 4 is 0 Å². The molecule has 0 bridgehead atoms. The first kappa shape index (κ1) is 14.3. The molecule has 0 spiro atoms. The van der Waals surface area contributed by atoms with Crippen LogP contribution in [-0.4, -0.2) is 0 Å². The molecule has 0 aromatic heterocycles. The van der Waals surface area contributed by atoms with E-state index in [1.807, 2.05) is 0 Å². The van der Waals surface area contributed by atoms with Crippen molar-refractivity contribution in [2.45, 2.75) is 64.7 Å². The minimum Gasteiger partial charge on any atom is -0.403 e. The molecule has 0 aromatic carbocycles. The highest BCUT2D eigenvalue weighted by atomic mass is 14.5. The van der Waals surface area contributed by atoms with E-state index in [4.69, 9.17) is 5.73 Å². The molecular formula is C14H27N. The zero-order valence-electron chi connectivity index (χ0n) is 10.4. The van der Waals surface area contributed by atoms with E-state index >= 15 is 0 Å². The van der Waals surface area contributed by atoms with Crippen LogP contribution in [0, 0.1) is 0 Å². The second-order valence-electron chi connectivity index (χ2n) is 4.59. The molecule has 0 aliphatic carbocycles. The van der Waals surface area contributed by atoms with Gasteiger partial charge in [0, 0.05) is 5.70 Å². The molecule has 2 N–H and O–H groups in total. The Morgan fingerprint density at radius 1 is 0.800 bits per heavy atom. The Morgan fingerprint density at radius 3 is 1.60 bits per heavy atom. The molecule has 0 aromatic rings. The summed E-state index contributed by atoms with van der Waals surface area (Å²) in [5.41, 5.74) is 7.64. The number of allylic oxidation sites excluding steroid dienone is 2. The van der Waals surface area contributed by atoms with Gasteiger partial charge in [0.05, 0.1) is 0 Å². The Kier molecular flexibility index (Phi) is 9.35. The summed E-state index contributed by atoms with van der Waals surface area (Å²) < 4.78 is 0. The minimum atomic E-state index is 0.830. The maximum absolute atomic E-state index is 5.50. The molecule has 88 valence electrons. The number of nitrogens with two attached hydrogens (primary N) is 1. The first-order chi connectivity index (χ1) is 7.13. The summed E-state index contributed by atoms with van der Waals surface area (Å²) in [6.07, 6.45) is 11.5. The smallest absolute Gasteiger partial charge is 0.000744 e. The zero-order chi connectivity index (χ0) is 11.5. The van der Waals surface area contributed by atoms with Crippen molar-refractivity contribution in [3.63, 3.8) is 0 Å². The van der Waals surface area contributed by atoms with Gasteiger partial charge in [-0.1, -0.05) is 44.3 Å². The van der Waals surface area contributed by atoms with Crippen LogP contribution in [0.25, 0.3) is 0 Å². The Bertz CT molecular complexity index is 162. The molecular weight excluding hydrogens is 182 g/mol. The van der Waals surface area contributed by atoms with Gasteiger partial charge < -0.3 is 5.73 Å². The molecule has 0 aliphatic heterocycles. The third-order valence-corrected chi connectivity index (χ3v) is 2.60. The third kappa shape index (κ3) is 13.3. The second-order valence-corrected chi connectivity index (χ2v) is 4.59. The Hall–Kier alpha value is -0.720. The molecule has 1 nitrogen and oxygen atoms in total. The number of hydrogen-bond donors (Lipinski definition) is 1. The van der Waals surface area contributed by atoms with Crippen molar-refractivity contribution in [1.82, 2.24) is 0 Å². The van der Waals surface area contributed by atoms with E-state index in [1.54, 1.807) is 0 Å². The summed E-state index contributed by atoms with van der Waals surface area (Å²) in [5.74, 6) is 0. The van der Waals surface area contributed by atoms with E-state index in [1.165, 1.54) is 56.9 Å². The maximum atomic E-state index is 5.50. The van der Waals surface area contributed by atoms with Gasteiger partial charge in [-0.3, -0.25) is 0 Å². The van der Waals surface area contributed by atoms with Crippen molar-refractivity contribution < 1.29 is 0 Å². The van der Waals surface area contributed by atoms with Crippen molar-refractivity contribution in [1.29, 1.82) is 0 Å². The van der Waals surface area contributed by atoms with Crippen LogP contribution in [0.2, 0.25) is 0 Å². The molecule has 0 atom stereocenters. The van der Waals surface area contributed by atoms with Gasteiger partial charge >= 0.3 is 0 Å². The number of unbranched alkanes of at least 4 members (excludes halogenated alkanes) is 6. The molecule has 0 rings (SSSR count). The molecule has 0 heterocycles. The molecule has 0 fully saturated rings. The highest BCUT2D eigenvalue weighted by Crippen LogP contribution is 2.12. The number of rotatable bonds is 10. The van der Waals surface area contributed by atoms with E-state index in [0.717, 1.165) is 12.1 Å². The van der Waals surface area contributed by atoms with E-state index in [-0.39, 0.29) is 0 Å². The van der Waals surface area contributed by atoms with Crippen LogP contribution in [-0.2, 0) is 0 Å². The van der Waals surface area contributed by atoms with Crippen molar-refractivity contribution in [2.24, 2.45) is 5.73 Å². The van der Waals surface area contributed by atoms with E-state index in [0.29, 0.717) is 0 Å². The summed E-state index contributed by atoms with van der Waals surface area (Å²) in [4.78, 5) is 0. The Morgan fingerprint density at radius 2 is 1.20 bits per heavy atom. The molecule has 15 heavy (non-hydrogen) atoms. The lowest BCUT2D eigenvalue weighted by atomic mass is 10.1. The topological polar surface area (TPSA) is 26.0 Å². The van der Waals surface area contributed by atoms with Gasteiger partial charge in [-0.2, -0.15) is 0 Å². The first-order valence-electron chi connectivity index (χ1n) is 6.20. The second kappa shape index (κ2) is 9.82. The molecule has 0 saturated heterocycles. The highest BCUT2D eigenvalue weighted by Gasteiger charge is 1.93. The standard InChI is InChI=1S/C14H27N/c1-13(2)11-9-7-5-4-6-8-10-12-14(3)15/h1,3-12,15H2,2H3. The molecule has 0 radical (unpaired) electrons. The van der Waals surface area contributed by atoms with Crippen LogP contribution >= 0.6 is 0 Å². The predicted octanol–water partition coefficient (Wildman–Crippen LogP) is 4.55. The maximum Gasteiger partial charge on any atom is 0.000744 e. The van der Waals surface area contributed by atoms with E-state index < -0.39 is 0 Å². The Balaban J connectivity index is 2.99. The average molecular weight is 209 g/mol. The quantitative estimate of drug-likeness (QED) is 0.414. The van der Waals surface area contributed by atoms with Gasteiger partial charge in [0.15, 0.2) is 0 Å². The van der Waals surface area contributed by atoms with Gasteiger partial charge in [-0.15, -0.1) is 6.58 Å². The monoisotopic (exact) mass is 209 g/mol. The predicted molar refractivity (Wildman–Crippen MR) is 69.7 cm³/mol. The van der Waals surface area contributed by atoms with Gasteiger partial charge in [-0.25, -0.2) is 0 Å². The lowest BCUT2D eigenvalue weighted by molar-refractivity contribution is 0.577. The van der Waals surface area contributed by atoms with Crippen molar-refractivity contribution in [3.05, 3.63) is 24.4 Å². The first-order valence-corrected chi connectivity index (χ1v) is 6.20. The molecule has 0 saturated carbocycles. The molecule has 0 unspecified atom stereocenters. The number of hydrogen-bond acceptors (Lipinski definition) is 1. The van der Waals surface area contributed by atoms with E-state index in [2.05, 4.69) is 20.1 Å². The molecule has 1 heteroatoms. The highest BCUT2D eigenvalue weighted by molar-refractivity contribution is 4.87.